The average molecular weight is 205 g/mol. The molecule has 0 spiro atoms. The first-order valence-corrected chi connectivity index (χ1v) is 5.70. The van der Waals surface area contributed by atoms with Crippen molar-refractivity contribution >= 4 is 27.6 Å². The van der Waals surface area contributed by atoms with Crippen LogP contribution in [0.25, 0.3) is 0 Å². The van der Waals surface area contributed by atoms with Crippen LogP contribution in [0.3, 0.4) is 0 Å². The van der Waals surface area contributed by atoms with Crippen LogP contribution in [-0.4, -0.2) is 21.1 Å². The molecule has 1 N–H and O–H groups in total. The summed E-state index contributed by atoms with van der Waals surface area (Å²) in [5, 5.41) is 7.02. The Balaban J connectivity index is 2.99. The molecule has 1 aromatic heterocycles. The Bertz CT molecular complexity index is 379. The van der Waals surface area contributed by atoms with Gasteiger partial charge in [0.1, 0.15) is 4.21 Å². The van der Waals surface area contributed by atoms with Gasteiger partial charge in [0, 0.05) is 6.26 Å². The molecule has 12 heavy (non-hydrogen) atoms. The second-order valence-electron chi connectivity index (χ2n) is 2.08. The van der Waals surface area contributed by atoms with E-state index in [-0.39, 0.29) is 4.21 Å². The highest BCUT2D eigenvalue weighted by Crippen LogP contribution is 2.27. The fourth-order valence-electron chi connectivity index (χ4n) is 0.624. The van der Waals surface area contributed by atoms with Crippen molar-refractivity contribution in [1.29, 1.82) is 5.41 Å². The molecule has 1 aromatic rings. The van der Waals surface area contributed by atoms with Crippen molar-refractivity contribution in [2.75, 3.05) is 6.26 Å². The minimum Gasteiger partial charge on any atom is -0.436 e. The fourth-order valence-corrected chi connectivity index (χ4v) is 2.36. The molecule has 0 aliphatic heterocycles. The quantitative estimate of drug-likeness (QED) is 0.594. The van der Waals surface area contributed by atoms with Crippen LogP contribution < -0.4 is 4.74 Å². The standard InChI is InChI=1S/C6H7NO3S2/c1-12(8,9)6-3-2-5(11-6)10-4-7/h2-4,7H,1H3. The maximum absolute atomic E-state index is 10.9. The van der Waals surface area contributed by atoms with Crippen molar-refractivity contribution in [3.05, 3.63) is 12.1 Å². The summed E-state index contributed by atoms with van der Waals surface area (Å²) in [5.41, 5.74) is 0. The lowest BCUT2D eigenvalue weighted by atomic mass is 10.6. The third kappa shape index (κ3) is 2.05. The number of rotatable bonds is 3. The van der Waals surface area contributed by atoms with Crippen molar-refractivity contribution in [3.8, 4) is 5.06 Å². The van der Waals surface area contributed by atoms with Crippen molar-refractivity contribution in [2.24, 2.45) is 0 Å². The molecule has 0 radical (unpaired) electrons. The van der Waals surface area contributed by atoms with Gasteiger partial charge in [-0.05, 0) is 12.1 Å². The summed E-state index contributed by atoms with van der Waals surface area (Å²) in [6.07, 6.45) is 1.89. The summed E-state index contributed by atoms with van der Waals surface area (Å²) in [7, 11) is -3.14. The highest BCUT2D eigenvalue weighted by Gasteiger charge is 2.10. The van der Waals surface area contributed by atoms with Gasteiger partial charge in [-0.25, -0.2) is 8.42 Å². The Kier molecular flexibility index (Phi) is 2.49. The van der Waals surface area contributed by atoms with E-state index in [2.05, 4.69) is 4.74 Å². The van der Waals surface area contributed by atoms with E-state index in [1.54, 1.807) is 0 Å². The van der Waals surface area contributed by atoms with E-state index in [1.165, 1.54) is 12.1 Å². The third-order valence-electron chi connectivity index (χ3n) is 1.10. The highest BCUT2D eigenvalue weighted by molar-refractivity contribution is 7.92. The average Bonchev–Trinajstić information content (AvgIpc) is 2.35. The predicted molar refractivity (Wildman–Crippen MR) is 46.8 cm³/mol. The summed E-state index contributed by atoms with van der Waals surface area (Å²) in [5.74, 6) is 0. The first-order chi connectivity index (χ1) is 5.54. The van der Waals surface area contributed by atoms with Gasteiger partial charge >= 0.3 is 0 Å². The van der Waals surface area contributed by atoms with Gasteiger partial charge in [0.25, 0.3) is 0 Å². The molecular formula is C6H7NO3S2. The Labute approximate surface area is 74.2 Å². The zero-order valence-electron chi connectivity index (χ0n) is 6.27. The van der Waals surface area contributed by atoms with E-state index in [9.17, 15) is 8.42 Å². The molecule has 0 fully saturated rings. The second kappa shape index (κ2) is 3.24. The van der Waals surface area contributed by atoms with Gasteiger partial charge in [-0.15, -0.1) is 0 Å². The minimum atomic E-state index is -3.14. The van der Waals surface area contributed by atoms with Crippen molar-refractivity contribution < 1.29 is 13.2 Å². The van der Waals surface area contributed by atoms with E-state index in [4.69, 9.17) is 5.41 Å². The predicted octanol–water partition coefficient (Wildman–Crippen LogP) is 1.14. The molecule has 1 rings (SSSR count). The Morgan fingerprint density at radius 1 is 1.58 bits per heavy atom. The van der Waals surface area contributed by atoms with Gasteiger partial charge in [0.2, 0.25) is 0 Å². The summed E-state index contributed by atoms with van der Waals surface area (Å²) in [6.45, 7) is 0. The molecule has 0 aliphatic carbocycles. The van der Waals surface area contributed by atoms with Gasteiger partial charge in [-0.3, -0.25) is 5.41 Å². The van der Waals surface area contributed by atoms with E-state index in [0.717, 1.165) is 24.0 Å². The van der Waals surface area contributed by atoms with E-state index >= 15 is 0 Å². The molecular weight excluding hydrogens is 198 g/mol. The fraction of sp³-hybridized carbons (Fsp3) is 0.167. The molecule has 6 heteroatoms. The zero-order valence-corrected chi connectivity index (χ0v) is 7.91. The van der Waals surface area contributed by atoms with Gasteiger partial charge in [0.05, 0.1) is 0 Å². The highest BCUT2D eigenvalue weighted by atomic mass is 32.2. The van der Waals surface area contributed by atoms with Crippen LogP contribution in [0.1, 0.15) is 0 Å². The monoisotopic (exact) mass is 205 g/mol. The Hall–Kier alpha value is -0.880. The molecule has 0 atom stereocenters. The van der Waals surface area contributed by atoms with E-state index < -0.39 is 9.84 Å². The second-order valence-corrected chi connectivity index (χ2v) is 5.37. The van der Waals surface area contributed by atoms with Crippen LogP contribution in [-0.2, 0) is 9.84 Å². The van der Waals surface area contributed by atoms with Crippen molar-refractivity contribution in [2.45, 2.75) is 4.21 Å². The Morgan fingerprint density at radius 2 is 2.25 bits per heavy atom. The summed E-state index contributed by atoms with van der Waals surface area (Å²) in [6, 6.07) is 2.98. The number of thiophene rings is 1. The third-order valence-corrected chi connectivity index (χ3v) is 3.89. The van der Waals surface area contributed by atoms with Crippen LogP contribution >= 0.6 is 11.3 Å². The van der Waals surface area contributed by atoms with Crippen LogP contribution in [0, 0.1) is 5.41 Å². The smallest absolute Gasteiger partial charge is 0.185 e. The maximum atomic E-state index is 10.9. The molecule has 1 heterocycles. The number of hydrogen-bond donors (Lipinski definition) is 1. The lowest BCUT2D eigenvalue weighted by Gasteiger charge is -1.90. The molecule has 0 aromatic carbocycles. The van der Waals surface area contributed by atoms with Crippen LogP contribution in [0.5, 0.6) is 5.06 Å². The first kappa shape index (κ1) is 9.21. The van der Waals surface area contributed by atoms with Crippen LogP contribution in [0.4, 0.5) is 0 Å². The molecule has 0 unspecified atom stereocenters. The van der Waals surface area contributed by atoms with Gasteiger partial charge in [-0.2, -0.15) is 0 Å². The van der Waals surface area contributed by atoms with Crippen molar-refractivity contribution in [3.63, 3.8) is 0 Å². The maximum Gasteiger partial charge on any atom is 0.185 e. The Morgan fingerprint density at radius 3 is 2.67 bits per heavy atom. The molecule has 66 valence electrons. The molecule has 0 saturated carbocycles. The number of nitrogens with one attached hydrogen (secondary N) is 1. The van der Waals surface area contributed by atoms with Gasteiger partial charge < -0.3 is 4.74 Å². The van der Waals surface area contributed by atoms with Gasteiger partial charge in [0.15, 0.2) is 21.3 Å². The normalized spacial score (nSPS) is 11.1. The molecule has 4 nitrogen and oxygen atoms in total. The molecule has 0 saturated heterocycles. The lowest BCUT2D eigenvalue weighted by molar-refractivity contribution is 0.586. The van der Waals surface area contributed by atoms with E-state index in [1.807, 2.05) is 0 Å². The van der Waals surface area contributed by atoms with Crippen LogP contribution in [0.15, 0.2) is 16.3 Å². The first-order valence-electron chi connectivity index (χ1n) is 2.99. The van der Waals surface area contributed by atoms with Gasteiger partial charge in [-0.1, -0.05) is 11.3 Å². The minimum absolute atomic E-state index is 0.249. The molecule has 0 aliphatic rings. The largest absolute Gasteiger partial charge is 0.436 e. The van der Waals surface area contributed by atoms with Crippen LogP contribution in [0.2, 0.25) is 0 Å². The topological polar surface area (TPSA) is 67.2 Å². The zero-order chi connectivity index (χ0) is 9.19. The summed E-state index contributed by atoms with van der Waals surface area (Å²) in [4.78, 5) is 0. The van der Waals surface area contributed by atoms with Crippen molar-refractivity contribution in [1.82, 2.24) is 0 Å². The number of sulfone groups is 1. The molecule has 0 bridgehead atoms. The lowest BCUT2D eigenvalue weighted by Crippen LogP contribution is -1.91. The summed E-state index contributed by atoms with van der Waals surface area (Å²) < 4.78 is 26.8. The van der Waals surface area contributed by atoms with E-state index in [0.29, 0.717) is 5.06 Å². The SMILES string of the molecule is CS(=O)(=O)c1ccc(OC=N)s1. The molecule has 0 amide bonds. The number of hydrogen-bond acceptors (Lipinski definition) is 5. The summed E-state index contributed by atoms with van der Waals surface area (Å²) >= 11 is 1.00. The number of ether oxygens (including phenoxy) is 1.